The Balaban J connectivity index is 1.27. The number of para-hydroxylation sites is 1. The van der Waals surface area contributed by atoms with Gasteiger partial charge >= 0.3 is 0 Å². The molecule has 3 heterocycles. The Hall–Kier alpha value is -3.78. The Bertz CT molecular complexity index is 1320. The number of hydrogen-bond acceptors (Lipinski definition) is 5. The fourth-order valence-corrected chi connectivity index (χ4v) is 6.09. The van der Waals surface area contributed by atoms with E-state index in [2.05, 4.69) is 9.88 Å². The second-order valence-electron chi connectivity index (χ2n) is 11.6. The Morgan fingerprint density at radius 1 is 1.05 bits per heavy atom. The van der Waals surface area contributed by atoms with Crippen molar-refractivity contribution in [2.75, 3.05) is 39.8 Å². The van der Waals surface area contributed by atoms with Gasteiger partial charge in [-0.3, -0.25) is 19.5 Å². The molecule has 0 N–H and O–H groups in total. The van der Waals surface area contributed by atoms with Crippen LogP contribution in [-0.2, 0) is 29.1 Å². The zero-order valence-electron chi connectivity index (χ0n) is 24.5. The van der Waals surface area contributed by atoms with E-state index in [1.54, 1.807) is 18.3 Å². The van der Waals surface area contributed by atoms with Crippen LogP contribution in [0.4, 0.5) is 4.39 Å². The summed E-state index contributed by atoms with van der Waals surface area (Å²) in [7, 11) is 1.87. The van der Waals surface area contributed by atoms with Crippen LogP contribution in [0.5, 0.6) is 5.75 Å². The second-order valence-corrected chi connectivity index (χ2v) is 11.6. The zero-order chi connectivity index (χ0) is 29.3. The highest BCUT2D eigenvalue weighted by molar-refractivity contribution is 5.79. The van der Waals surface area contributed by atoms with Crippen molar-refractivity contribution in [1.82, 2.24) is 19.7 Å². The number of carbonyl (C=O) groups excluding carboxylic acids is 2. The maximum Gasteiger partial charge on any atom is 0.236 e. The summed E-state index contributed by atoms with van der Waals surface area (Å²) in [5.41, 5.74) is 2.96. The predicted octanol–water partition coefficient (Wildman–Crippen LogP) is 4.95. The number of hydrogen-bond donors (Lipinski definition) is 0. The summed E-state index contributed by atoms with van der Waals surface area (Å²) >= 11 is 0. The predicted molar refractivity (Wildman–Crippen MR) is 160 cm³/mol. The molecule has 2 aromatic carbocycles. The third kappa shape index (κ3) is 8.16. The highest BCUT2D eigenvalue weighted by atomic mass is 19.1. The van der Waals surface area contributed by atoms with Crippen LogP contribution in [0.2, 0.25) is 0 Å². The van der Waals surface area contributed by atoms with Crippen molar-refractivity contribution < 1.29 is 18.7 Å². The molecule has 2 atom stereocenters. The Morgan fingerprint density at radius 2 is 1.86 bits per heavy atom. The molecule has 7 nitrogen and oxygen atoms in total. The SMILES string of the molecule is CN(CCc1ccccn1)C(=O)C[C@@H]1CCN2C[C@@H]1CCCOc1ccccc1CN(Cc1ccc(F)cc1)CC2=O. The highest BCUT2D eigenvalue weighted by Gasteiger charge is 2.34. The van der Waals surface area contributed by atoms with Gasteiger partial charge in [0.1, 0.15) is 11.6 Å². The quantitative estimate of drug-likeness (QED) is 0.401. The minimum Gasteiger partial charge on any atom is -0.493 e. The molecule has 2 aliphatic heterocycles. The summed E-state index contributed by atoms with van der Waals surface area (Å²) < 4.78 is 19.8. The van der Waals surface area contributed by atoms with Gasteiger partial charge in [0.05, 0.1) is 13.2 Å². The van der Waals surface area contributed by atoms with Crippen LogP contribution >= 0.6 is 0 Å². The molecule has 0 radical (unpaired) electrons. The normalized spacial score (nSPS) is 20.0. The molecule has 0 spiro atoms. The average molecular weight is 573 g/mol. The van der Waals surface area contributed by atoms with Crippen molar-refractivity contribution in [2.45, 2.75) is 45.2 Å². The Morgan fingerprint density at radius 3 is 2.67 bits per heavy atom. The molecule has 0 unspecified atom stereocenters. The molecule has 0 aliphatic carbocycles. The summed E-state index contributed by atoms with van der Waals surface area (Å²) in [5.74, 6) is 1.27. The third-order valence-electron chi connectivity index (χ3n) is 8.56. The van der Waals surface area contributed by atoms with Gasteiger partial charge in [0.2, 0.25) is 11.8 Å². The lowest BCUT2D eigenvalue weighted by atomic mass is 9.80. The second kappa shape index (κ2) is 14.4. The number of halogens is 1. The monoisotopic (exact) mass is 572 g/mol. The number of pyridine rings is 1. The number of likely N-dealkylation sites (N-methyl/N-ethyl adjacent to an activating group) is 1. The van der Waals surface area contributed by atoms with E-state index in [1.807, 2.05) is 59.3 Å². The van der Waals surface area contributed by atoms with Gasteiger partial charge < -0.3 is 14.5 Å². The molecule has 8 heteroatoms. The lowest BCUT2D eigenvalue weighted by Crippen LogP contribution is -2.48. The minimum atomic E-state index is -0.273. The molecular weight excluding hydrogens is 531 g/mol. The molecule has 2 bridgehead atoms. The van der Waals surface area contributed by atoms with Crippen LogP contribution in [0, 0.1) is 17.7 Å². The number of piperidine rings is 1. The molecule has 1 aromatic heterocycles. The molecule has 1 saturated heterocycles. The van der Waals surface area contributed by atoms with Gasteiger partial charge in [0.15, 0.2) is 0 Å². The van der Waals surface area contributed by atoms with Crippen LogP contribution in [0.25, 0.3) is 0 Å². The molecule has 1 fully saturated rings. The number of carbonyl (C=O) groups is 2. The van der Waals surface area contributed by atoms with Crippen molar-refractivity contribution in [1.29, 1.82) is 0 Å². The van der Waals surface area contributed by atoms with Gasteiger partial charge in [-0.2, -0.15) is 0 Å². The van der Waals surface area contributed by atoms with Crippen LogP contribution in [0.15, 0.2) is 72.9 Å². The van der Waals surface area contributed by atoms with E-state index in [0.29, 0.717) is 45.8 Å². The van der Waals surface area contributed by atoms with E-state index >= 15 is 0 Å². The van der Waals surface area contributed by atoms with E-state index in [0.717, 1.165) is 48.3 Å². The first kappa shape index (κ1) is 29.7. The number of benzene rings is 2. The van der Waals surface area contributed by atoms with E-state index in [1.165, 1.54) is 12.1 Å². The molecule has 2 aliphatic rings. The van der Waals surface area contributed by atoms with Crippen LogP contribution in [-0.4, -0.2) is 71.3 Å². The molecule has 5 rings (SSSR count). The Kier molecular flexibility index (Phi) is 10.2. The molecule has 0 saturated carbocycles. The fourth-order valence-electron chi connectivity index (χ4n) is 6.09. The largest absolute Gasteiger partial charge is 0.493 e. The maximum absolute atomic E-state index is 13.7. The van der Waals surface area contributed by atoms with E-state index in [4.69, 9.17) is 4.74 Å². The van der Waals surface area contributed by atoms with Crippen molar-refractivity contribution in [2.24, 2.45) is 11.8 Å². The first-order chi connectivity index (χ1) is 20.4. The first-order valence-electron chi connectivity index (χ1n) is 15.0. The number of ether oxygens (including phenoxy) is 1. The summed E-state index contributed by atoms with van der Waals surface area (Å²) in [6, 6.07) is 20.3. The molecular formula is C34H41FN4O3. The van der Waals surface area contributed by atoms with Crippen molar-refractivity contribution in [3.63, 3.8) is 0 Å². The summed E-state index contributed by atoms with van der Waals surface area (Å²) in [6.45, 7) is 3.88. The molecule has 2 amide bonds. The van der Waals surface area contributed by atoms with E-state index < -0.39 is 0 Å². The molecule has 42 heavy (non-hydrogen) atoms. The number of amides is 2. The van der Waals surface area contributed by atoms with Gasteiger partial charge in [-0.25, -0.2) is 4.39 Å². The number of fused-ring (bicyclic) bond motifs is 3. The third-order valence-corrected chi connectivity index (χ3v) is 8.56. The van der Waals surface area contributed by atoms with Gasteiger partial charge in [0.25, 0.3) is 0 Å². The molecule has 3 aromatic rings. The molecule has 222 valence electrons. The summed E-state index contributed by atoms with van der Waals surface area (Å²) in [5, 5.41) is 0. The highest BCUT2D eigenvalue weighted by Crippen LogP contribution is 2.32. The van der Waals surface area contributed by atoms with Crippen LogP contribution in [0.1, 0.15) is 42.5 Å². The lowest BCUT2D eigenvalue weighted by Gasteiger charge is -2.39. The number of aromatic nitrogens is 1. The zero-order valence-corrected chi connectivity index (χ0v) is 24.5. The smallest absolute Gasteiger partial charge is 0.236 e. The van der Waals surface area contributed by atoms with Crippen molar-refractivity contribution >= 4 is 11.8 Å². The van der Waals surface area contributed by atoms with E-state index in [-0.39, 0.29) is 36.0 Å². The first-order valence-corrected chi connectivity index (χ1v) is 15.0. The number of rotatable bonds is 7. The average Bonchev–Trinajstić information content (AvgIpc) is 3.01. The minimum absolute atomic E-state index is 0.0945. The van der Waals surface area contributed by atoms with E-state index in [9.17, 15) is 14.0 Å². The maximum atomic E-state index is 13.7. The van der Waals surface area contributed by atoms with Gasteiger partial charge in [-0.15, -0.1) is 0 Å². The summed E-state index contributed by atoms with van der Waals surface area (Å²) in [6.07, 6.45) is 5.58. The van der Waals surface area contributed by atoms with Gasteiger partial charge in [0, 0.05) is 70.1 Å². The van der Waals surface area contributed by atoms with Crippen molar-refractivity contribution in [3.8, 4) is 5.75 Å². The Labute approximate surface area is 248 Å². The standard InChI is InChI=1S/C34H41FN4O3/c1-37(18-16-31-9-4-5-17-36-31)33(40)21-27-15-19-39-24-28(27)8-6-20-42-32-10-3-2-7-29(32)23-38(25-34(39)41)22-26-11-13-30(35)14-12-26/h2-5,7,9-14,17,27-28H,6,8,15-16,18-25H2,1H3/t27-,28-/m0/s1. The lowest BCUT2D eigenvalue weighted by molar-refractivity contribution is -0.136. The topological polar surface area (TPSA) is 66.0 Å². The number of nitrogens with zero attached hydrogens (tertiary/aromatic N) is 4. The fraction of sp³-hybridized carbons (Fsp3) is 0.441. The van der Waals surface area contributed by atoms with Crippen LogP contribution in [0.3, 0.4) is 0 Å². The van der Waals surface area contributed by atoms with Crippen molar-refractivity contribution in [3.05, 3.63) is 95.6 Å². The summed E-state index contributed by atoms with van der Waals surface area (Å²) in [4.78, 5) is 37.2. The van der Waals surface area contributed by atoms with Gasteiger partial charge in [-0.05, 0) is 67.0 Å². The van der Waals surface area contributed by atoms with Crippen LogP contribution < -0.4 is 4.74 Å². The van der Waals surface area contributed by atoms with Gasteiger partial charge in [-0.1, -0.05) is 36.4 Å².